The van der Waals surface area contributed by atoms with Crippen LogP contribution in [0.15, 0.2) is 12.1 Å². The van der Waals surface area contributed by atoms with E-state index in [9.17, 15) is 8.78 Å². The molecule has 1 N–H and O–H groups in total. The van der Waals surface area contributed by atoms with Gasteiger partial charge in [0.25, 0.3) is 0 Å². The van der Waals surface area contributed by atoms with E-state index < -0.39 is 11.6 Å². The first-order valence-electron chi connectivity index (χ1n) is 7.73. The van der Waals surface area contributed by atoms with Gasteiger partial charge < -0.3 is 5.32 Å². The van der Waals surface area contributed by atoms with Crippen molar-refractivity contribution in [3.05, 3.63) is 34.9 Å². The Morgan fingerprint density at radius 1 is 1.15 bits per heavy atom. The molecule has 0 saturated heterocycles. The van der Waals surface area contributed by atoms with Crippen molar-refractivity contribution in [3.63, 3.8) is 0 Å². The summed E-state index contributed by atoms with van der Waals surface area (Å²) >= 11 is 0. The molecule has 0 aliphatic heterocycles. The smallest absolute Gasteiger partial charge is 0.163 e. The molecule has 0 amide bonds. The van der Waals surface area contributed by atoms with Gasteiger partial charge in [-0.25, -0.2) is 8.78 Å². The summed E-state index contributed by atoms with van der Waals surface area (Å²) in [6, 6.07) is 3.36. The molecule has 2 rings (SSSR count). The maximum atomic E-state index is 14.4. The van der Waals surface area contributed by atoms with Crippen molar-refractivity contribution in [3.8, 4) is 0 Å². The van der Waals surface area contributed by atoms with Gasteiger partial charge in [0, 0.05) is 11.6 Å². The van der Waals surface area contributed by atoms with E-state index in [1.807, 2.05) is 6.92 Å². The first-order chi connectivity index (χ1) is 9.55. The van der Waals surface area contributed by atoms with Gasteiger partial charge in [-0.2, -0.15) is 0 Å². The molecule has 1 atom stereocenters. The van der Waals surface area contributed by atoms with E-state index in [0.29, 0.717) is 11.1 Å². The maximum absolute atomic E-state index is 14.4. The molecule has 0 bridgehead atoms. The van der Waals surface area contributed by atoms with Crippen molar-refractivity contribution in [2.75, 3.05) is 6.54 Å². The number of hydrogen-bond acceptors (Lipinski definition) is 1. The Bertz CT molecular complexity index is 464. The highest BCUT2D eigenvalue weighted by atomic mass is 19.2. The number of benzene rings is 1. The molecule has 1 aliphatic rings. The fraction of sp³-hybridized carbons (Fsp3) is 0.647. The second kappa shape index (κ2) is 6.21. The first kappa shape index (κ1) is 15.4. The standard InChI is InChI=1S/C17H25F2N/c1-4-17(10-6-7-11-17)16(20-5-2)13-9-8-12(3)14(18)15(13)19/h8-9,16,20H,4-7,10-11H2,1-3H3. The van der Waals surface area contributed by atoms with Gasteiger partial charge in [0.2, 0.25) is 0 Å². The van der Waals surface area contributed by atoms with Crippen LogP contribution in [0.3, 0.4) is 0 Å². The highest BCUT2D eigenvalue weighted by Crippen LogP contribution is 2.50. The molecule has 0 spiro atoms. The van der Waals surface area contributed by atoms with Crippen LogP contribution in [-0.4, -0.2) is 6.54 Å². The number of halogens is 2. The van der Waals surface area contributed by atoms with Gasteiger partial charge in [0.15, 0.2) is 11.6 Å². The number of hydrogen-bond donors (Lipinski definition) is 1. The monoisotopic (exact) mass is 281 g/mol. The molecule has 1 aromatic rings. The van der Waals surface area contributed by atoms with E-state index in [-0.39, 0.29) is 11.5 Å². The summed E-state index contributed by atoms with van der Waals surface area (Å²) < 4.78 is 28.3. The number of nitrogens with one attached hydrogen (secondary N) is 1. The Morgan fingerprint density at radius 2 is 1.80 bits per heavy atom. The summed E-state index contributed by atoms with van der Waals surface area (Å²) in [4.78, 5) is 0. The Hall–Kier alpha value is -0.960. The van der Waals surface area contributed by atoms with Crippen molar-refractivity contribution in [1.29, 1.82) is 0 Å². The average Bonchev–Trinajstić information content (AvgIpc) is 2.93. The van der Waals surface area contributed by atoms with Gasteiger partial charge in [0.1, 0.15) is 0 Å². The van der Waals surface area contributed by atoms with Gasteiger partial charge in [-0.15, -0.1) is 0 Å². The molecule has 1 fully saturated rings. The quantitative estimate of drug-likeness (QED) is 0.810. The normalized spacial score (nSPS) is 19.2. The van der Waals surface area contributed by atoms with Gasteiger partial charge in [0.05, 0.1) is 0 Å². The molecule has 3 heteroatoms. The van der Waals surface area contributed by atoms with Gasteiger partial charge in [-0.05, 0) is 43.7 Å². The molecule has 0 heterocycles. The lowest BCUT2D eigenvalue weighted by atomic mass is 9.73. The summed E-state index contributed by atoms with van der Waals surface area (Å²) in [5, 5.41) is 3.41. The number of aryl methyl sites for hydroxylation is 1. The summed E-state index contributed by atoms with van der Waals surface area (Å²) in [6.45, 7) is 6.56. The molecule has 0 aromatic heterocycles. The molecule has 1 nitrogen and oxygen atoms in total. The van der Waals surface area contributed by atoms with Crippen LogP contribution in [-0.2, 0) is 0 Å². The topological polar surface area (TPSA) is 12.0 Å². The maximum Gasteiger partial charge on any atom is 0.163 e. The average molecular weight is 281 g/mol. The Kier molecular flexibility index (Phi) is 4.79. The first-order valence-corrected chi connectivity index (χ1v) is 7.73. The molecular weight excluding hydrogens is 256 g/mol. The second-order valence-electron chi connectivity index (χ2n) is 6.01. The molecular formula is C17H25F2N. The predicted octanol–water partition coefficient (Wildman–Crippen LogP) is 4.89. The summed E-state index contributed by atoms with van der Waals surface area (Å²) in [7, 11) is 0. The number of rotatable bonds is 5. The van der Waals surface area contributed by atoms with Crippen molar-refractivity contribution in [2.24, 2.45) is 5.41 Å². The SMILES string of the molecule is CCNC(c1ccc(C)c(F)c1F)C1(CC)CCCC1. The fourth-order valence-corrected chi connectivity index (χ4v) is 3.67. The highest BCUT2D eigenvalue weighted by molar-refractivity contribution is 5.29. The van der Waals surface area contributed by atoms with Crippen LogP contribution in [0, 0.1) is 24.0 Å². The molecule has 1 aromatic carbocycles. The largest absolute Gasteiger partial charge is 0.310 e. The lowest BCUT2D eigenvalue weighted by molar-refractivity contribution is 0.184. The van der Waals surface area contributed by atoms with Crippen molar-refractivity contribution < 1.29 is 8.78 Å². The lowest BCUT2D eigenvalue weighted by Gasteiger charge is -2.38. The molecule has 1 aliphatic carbocycles. The molecule has 1 saturated carbocycles. The minimum atomic E-state index is -0.699. The molecule has 1 unspecified atom stereocenters. The van der Waals surface area contributed by atoms with Crippen LogP contribution in [0.1, 0.15) is 63.1 Å². The van der Waals surface area contributed by atoms with E-state index in [1.165, 1.54) is 12.8 Å². The van der Waals surface area contributed by atoms with Gasteiger partial charge in [-0.1, -0.05) is 38.8 Å². The van der Waals surface area contributed by atoms with E-state index in [1.54, 1.807) is 19.1 Å². The van der Waals surface area contributed by atoms with E-state index >= 15 is 0 Å². The summed E-state index contributed by atoms with van der Waals surface area (Å²) in [6.07, 6.45) is 5.56. The second-order valence-corrected chi connectivity index (χ2v) is 6.01. The predicted molar refractivity (Wildman–Crippen MR) is 78.7 cm³/mol. The molecule has 112 valence electrons. The van der Waals surface area contributed by atoms with E-state index in [0.717, 1.165) is 25.8 Å². The lowest BCUT2D eigenvalue weighted by Crippen LogP contribution is -2.37. The van der Waals surface area contributed by atoms with Crippen LogP contribution in [0.25, 0.3) is 0 Å². The minimum absolute atomic E-state index is 0.0680. The minimum Gasteiger partial charge on any atom is -0.310 e. The third-order valence-corrected chi connectivity index (χ3v) is 4.94. The van der Waals surface area contributed by atoms with Crippen molar-refractivity contribution >= 4 is 0 Å². The zero-order chi connectivity index (χ0) is 14.8. The van der Waals surface area contributed by atoms with E-state index in [2.05, 4.69) is 12.2 Å². The van der Waals surface area contributed by atoms with Crippen molar-refractivity contribution in [2.45, 2.75) is 58.9 Å². The van der Waals surface area contributed by atoms with Crippen molar-refractivity contribution in [1.82, 2.24) is 5.32 Å². The summed E-state index contributed by atoms with van der Waals surface area (Å²) in [5.41, 5.74) is 0.940. The fourth-order valence-electron chi connectivity index (χ4n) is 3.67. The zero-order valence-electron chi connectivity index (χ0n) is 12.7. The van der Waals surface area contributed by atoms with Gasteiger partial charge >= 0.3 is 0 Å². The highest BCUT2D eigenvalue weighted by Gasteiger charge is 2.41. The van der Waals surface area contributed by atoms with Crippen LogP contribution < -0.4 is 5.32 Å². The third-order valence-electron chi connectivity index (χ3n) is 4.94. The van der Waals surface area contributed by atoms with Crippen LogP contribution >= 0.6 is 0 Å². The molecule has 20 heavy (non-hydrogen) atoms. The van der Waals surface area contributed by atoms with Crippen LogP contribution in [0.5, 0.6) is 0 Å². The summed E-state index contributed by atoms with van der Waals surface area (Å²) in [5.74, 6) is -1.37. The van der Waals surface area contributed by atoms with Crippen LogP contribution in [0.4, 0.5) is 8.78 Å². The third kappa shape index (κ3) is 2.60. The van der Waals surface area contributed by atoms with Gasteiger partial charge in [-0.3, -0.25) is 0 Å². The Balaban J connectivity index is 2.45. The van der Waals surface area contributed by atoms with E-state index in [4.69, 9.17) is 0 Å². The van der Waals surface area contributed by atoms with Crippen LogP contribution in [0.2, 0.25) is 0 Å². The zero-order valence-corrected chi connectivity index (χ0v) is 12.7. The Labute approximate surface area is 120 Å². The molecule has 0 radical (unpaired) electrons. The Morgan fingerprint density at radius 3 is 2.35 bits per heavy atom.